The zero-order valence-corrected chi connectivity index (χ0v) is 11.9. The summed E-state index contributed by atoms with van der Waals surface area (Å²) in [6.07, 6.45) is 10.3. The molecule has 94 valence electrons. The Morgan fingerprint density at radius 3 is 2.44 bits per heavy atom. The fourth-order valence-corrected chi connectivity index (χ4v) is 2.84. The summed E-state index contributed by atoms with van der Waals surface area (Å²) in [5.74, 6) is 0.246. The van der Waals surface area contributed by atoms with E-state index in [0.29, 0.717) is 6.42 Å². The summed E-state index contributed by atoms with van der Waals surface area (Å²) in [6.45, 7) is 2.21. The number of carbonyl (C=O) groups excluding carboxylic acids is 1. The van der Waals surface area contributed by atoms with E-state index in [1.165, 1.54) is 32.1 Å². The monoisotopic (exact) mass is 289 g/mol. The van der Waals surface area contributed by atoms with Crippen molar-refractivity contribution in [2.45, 2.75) is 70.3 Å². The molecule has 1 aliphatic rings. The lowest BCUT2D eigenvalue weighted by Crippen LogP contribution is -2.54. The highest BCUT2D eigenvalue weighted by Gasteiger charge is 2.36. The van der Waals surface area contributed by atoms with Gasteiger partial charge in [0.25, 0.3) is 0 Å². The molecular formula is C13H24BrNO. The molecule has 0 aromatic heterocycles. The van der Waals surface area contributed by atoms with Gasteiger partial charge in [-0.1, -0.05) is 48.5 Å². The molecule has 0 saturated heterocycles. The number of nitrogens with one attached hydrogen (secondary N) is 1. The Kier molecular flexibility index (Phi) is 6.40. The average molecular weight is 290 g/mol. The molecule has 0 aromatic carbocycles. The topological polar surface area (TPSA) is 29.1 Å². The van der Waals surface area contributed by atoms with Gasteiger partial charge in [0.05, 0.1) is 0 Å². The Bertz CT molecular complexity index is 208. The molecule has 0 bridgehead atoms. The van der Waals surface area contributed by atoms with Crippen LogP contribution >= 0.6 is 15.9 Å². The van der Waals surface area contributed by atoms with Gasteiger partial charge in [-0.25, -0.2) is 0 Å². The molecule has 0 heterocycles. The van der Waals surface area contributed by atoms with Crippen molar-refractivity contribution in [1.82, 2.24) is 5.32 Å². The summed E-state index contributed by atoms with van der Waals surface area (Å²) in [6, 6.07) is 0. The quantitative estimate of drug-likeness (QED) is 0.535. The third-order valence-electron chi connectivity index (χ3n) is 3.48. The molecule has 0 aliphatic heterocycles. The van der Waals surface area contributed by atoms with Gasteiger partial charge < -0.3 is 5.32 Å². The molecule has 1 fully saturated rings. The number of carbonyl (C=O) groups is 1. The third-order valence-corrected chi connectivity index (χ3v) is 4.55. The first-order valence-corrected chi connectivity index (χ1v) is 7.71. The highest BCUT2D eigenvalue weighted by molar-refractivity contribution is 9.09. The standard InChI is InChI=1S/C13H24BrNO/c1-2-3-4-5-6-8-12(16)15-13(11-14)9-7-10-13/h2-11H2,1H3,(H,15,16). The molecule has 0 aromatic rings. The lowest BCUT2D eigenvalue weighted by molar-refractivity contribution is -0.123. The lowest BCUT2D eigenvalue weighted by atomic mass is 9.78. The minimum absolute atomic E-state index is 0.0977. The van der Waals surface area contributed by atoms with Crippen LogP contribution in [0.2, 0.25) is 0 Å². The SMILES string of the molecule is CCCCCCCC(=O)NC1(CBr)CCC1. The van der Waals surface area contributed by atoms with Crippen LogP contribution in [0.3, 0.4) is 0 Å². The van der Waals surface area contributed by atoms with E-state index in [1.54, 1.807) is 0 Å². The highest BCUT2D eigenvalue weighted by atomic mass is 79.9. The molecule has 1 rings (SSSR count). The summed E-state index contributed by atoms with van der Waals surface area (Å²) in [5, 5.41) is 4.09. The first kappa shape index (κ1) is 14.0. The van der Waals surface area contributed by atoms with Gasteiger partial charge in [0.2, 0.25) is 5.91 Å². The summed E-state index contributed by atoms with van der Waals surface area (Å²) < 4.78 is 0. The molecule has 1 amide bonds. The summed E-state index contributed by atoms with van der Waals surface area (Å²) in [7, 11) is 0. The van der Waals surface area contributed by atoms with Crippen molar-refractivity contribution in [3.8, 4) is 0 Å². The molecular weight excluding hydrogens is 266 g/mol. The van der Waals surface area contributed by atoms with Crippen LogP contribution in [-0.2, 0) is 4.79 Å². The average Bonchev–Trinajstić information content (AvgIpc) is 2.23. The molecule has 0 atom stereocenters. The number of rotatable bonds is 8. The maximum Gasteiger partial charge on any atom is 0.220 e. The van der Waals surface area contributed by atoms with E-state index in [1.807, 2.05) is 0 Å². The summed E-state index contributed by atoms with van der Waals surface area (Å²) >= 11 is 3.50. The van der Waals surface area contributed by atoms with Gasteiger partial charge in [-0.05, 0) is 25.7 Å². The van der Waals surface area contributed by atoms with Gasteiger partial charge >= 0.3 is 0 Å². The van der Waals surface area contributed by atoms with Crippen LogP contribution in [0.1, 0.15) is 64.7 Å². The molecule has 16 heavy (non-hydrogen) atoms. The number of hydrogen-bond acceptors (Lipinski definition) is 1. The fourth-order valence-electron chi connectivity index (χ4n) is 2.14. The number of unbranched alkanes of at least 4 members (excludes halogenated alkanes) is 4. The van der Waals surface area contributed by atoms with Crippen LogP contribution < -0.4 is 5.32 Å². The minimum Gasteiger partial charge on any atom is -0.350 e. The van der Waals surface area contributed by atoms with E-state index in [2.05, 4.69) is 28.2 Å². The fraction of sp³-hybridized carbons (Fsp3) is 0.923. The van der Waals surface area contributed by atoms with E-state index in [9.17, 15) is 4.79 Å². The van der Waals surface area contributed by atoms with Gasteiger partial charge in [-0.15, -0.1) is 0 Å². The van der Waals surface area contributed by atoms with Crippen molar-refractivity contribution in [3.63, 3.8) is 0 Å². The first-order valence-electron chi connectivity index (χ1n) is 6.59. The molecule has 1 aliphatic carbocycles. The number of amides is 1. The van der Waals surface area contributed by atoms with Crippen LogP contribution in [0.4, 0.5) is 0 Å². The van der Waals surface area contributed by atoms with E-state index < -0.39 is 0 Å². The maximum absolute atomic E-state index is 11.7. The second-order valence-electron chi connectivity index (χ2n) is 4.98. The number of hydrogen-bond donors (Lipinski definition) is 1. The molecule has 0 spiro atoms. The Morgan fingerprint density at radius 1 is 1.25 bits per heavy atom. The van der Waals surface area contributed by atoms with Gasteiger partial charge in [-0.3, -0.25) is 4.79 Å². The van der Waals surface area contributed by atoms with Crippen LogP contribution in [-0.4, -0.2) is 16.8 Å². The summed E-state index contributed by atoms with van der Waals surface area (Å²) in [5.41, 5.74) is 0.0977. The Balaban J connectivity index is 2.06. The van der Waals surface area contributed by atoms with Crippen LogP contribution in [0, 0.1) is 0 Å². The zero-order chi connectivity index (χ0) is 11.9. The maximum atomic E-state index is 11.7. The van der Waals surface area contributed by atoms with E-state index >= 15 is 0 Å². The number of halogens is 1. The smallest absolute Gasteiger partial charge is 0.220 e. The van der Waals surface area contributed by atoms with E-state index in [-0.39, 0.29) is 11.4 Å². The van der Waals surface area contributed by atoms with Gasteiger partial charge in [0.1, 0.15) is 0 Å². The lowest BCUT2D eigenvalue weighted by Gasteiger charge is -2.41. The van der Waals surface area contributed by atoms with E-state index in [4.69, 9.17) is 0 Å². The van der Waals surface area contributed by atoms with Crippen molar-refractivity contribution in [1.29, 1.82) is 0 Å². The van der Waals surface area contributed by atoms with Crippen LogP contribution in [0.5, 0.6) is 0 Å². The largest absolute Gasteiger partial charge is 0.350 e. The van der Waals surface area contributed by atoms with Crippen molar-refractivity contribution in [2.24, 2.45) is 0 Å². The van der Waals surface area contributed by atoms with Crippen molar-refractivity contribution < 1.29 is 4.79 Å². The van der Waals surface area contributed by atoms with Gasteiger partial charge in [0.15, 0.2) is 0 Å². The zero-order valence-electron chi connectivity index (χ0n) is 10.4. The second kappa shape index (κ2) is 7.31. The van der Waals surface area contributed by atoms with Crippen LogP contribution in [0.25, 0.3) is 0 Å². The predicted octanol–water partition coefficient (Wildman–Crippen LogP) is 3.78. The van der Waals surface area contributed by atoms with Crippen molar-refractivity contribution in [2.75, 3.05) is 5.33 Å². The Hall–Kier alpha value is -0.0500. The molecule has 0 radical (unpaired) electrons. The molecule has 2 nitrogen and oxygen atoms in total. The normalized spacial score (nSPS) is 17.9. The van der Waals surface area contributed by atoms with Crippen molar-refractivity contribution in [3.05, 3.63) is 0 Å². The molecule has 0 unspecified atom stereocenters. The summed E-state index contributed by atoms with van der Waals surface area (Å²) in [4.78, 5) is 11.7. The molecule has 1 saturated carbocycles. The van der Waals surface area contributed by atoms with Gasteiger partial charge in [-0.2, -0.15) is 0 Å². The number of alkyl halides is 1. The second-order valence-corrected chi connectivity index (χ2v) is 5.54. The minimum atomic E-state index is 0.0977. The van der Waals surface area contributed by atoms with E-state index in [0.717, 1.165) is 24.6 Å². The Labute approximate surface area is 108 Å². The van der Waals surface area contributed by atoms with Crippen molar-refractivity contribution >= 4 is 21.8 Å². The Morgan fingerprint density at radius 2 is 1.94 bits per heavy atom. The van der Waals surface area contributed by atoms with Crippen LogP contribution in [0.15, 0.2) is 0 Å². The first-order chi connectivity index (χ1) is 7.72. The highest BCUT2D eigenvalue weighted by Crippen LogP contribution is 2.33. The third kappa shape index (κ3) is 4.44. The molecule has 1 N–H and O–H groups in total. The predicted molar refractivity (Wildman–Crippen MR) is 71.9 cm³/mol. The molecule has 3 heteroatoms. The van der Waals surface area contributed by atoms with Gasteiger partial charge in [0, 0.05) is 17.3 Å².